The van der Waals surface area contributed by atoms with Crippen LogP contribution in [0.2, 0.25) is 0 Å². The fourth-order valence-electron chi connectivity index (χ4n) is 1.72. The molecule has 0 fully saturated rings. The van der Waals surface area contributed by atoms with E-state index in [9.17, 15) is 14.5 Å². The van der Waals surface area contributed by atoms with E-state index >= 15 is 0 Å². The molecule has 2 rings (SSSR count). The Kier molecular flexibility index (Phi) is 4.40. The van der Waals surface area contributed by atoms with Crippen LogP contribution in [0, 0.1) is 0 Å². The van der Waals surface area contributed by atoms with Crippen molar-refractivity contribution in [2.24, 2.45) is 0 Å². The van der Waals surface area contributed by atoms with Gasteiger partial charge in [0.2, 0.25) is 0 Å². The lowest BCUT2D eigenvalue weighted by Crippen LogP contribution is -2.33. The molecule has 12 heteroatoms. The molecule has 6 N–H and O–H groups in total. The van der Waals surface area contributed by atoms with Gasteiger partial charge in [0.05, 0.1) is 25.6 Å². The molecular formula is C9H14N5O6P. The normalized spacial score (nSPS) is 13.7. The topological polar surface area (TPSA) is 177 Å². The molecule has 0 aliphatic heterocycles. The van der Waals surface area contributed by atoms with Gasteiger partial charge in [-0.15, -0.1) is 0 Å². The zero-order valence-electron chi connectivity index (χ0n) is 10.7. The second-order valence-electron chi connectivity index (χ2n) is 4.26. The maximum atomic E-state index is 11.8. The lowest BCUT2D eigenvalue weighted by molar-refractivity contribution is 0.0196. The molecule has 1 unspecified atom stereocenters. The highest BCUT2D eigenvalue weighted by Gasteiger charge is 2.20. The standard InChI is InChI=1S/C9H14N5O6P/c10-7-6-8(12-3-11-6)14(9(16)13-7)1-5(2-15)20-4-21(17,18)19/h3,5,15H,1-2,4H2,(H,11,12)(H2,10,13,16)(H2,17,18,19). The molecule has 2 aromatic rings. The summed E-state index contributed by atoms with van der Waals surface area (Å²) in [5, 5.41) is 9.19. The number of H-pyrrole nitrogens is 1. The molecule has 0 amide bonds. The Labute approximate surface area is 117 Å². The summed E-state index contributed by atoms with van der Waals surface area (Å²) in [6, 6.07) is 0. The highest BCUT2D eigenvalue weighted by Crippen LogP contribution is 2.34. The van der Waals surface area contributed by atoms with E-state index in [4.69, 9.17) is 20.3 Å². The van der Waals surface area contributed by atoms with Crippen molar-refractivity contribution in [3.63, 3.8) is 0 Å². The summed E-state index contributed by atoms with van der Waals surface area (Å²) in [5.41, 5.74) is 5.43. The molecule has 0 radical (unpaired) electrons. The number of aromatic nitrogens is 4. The minimum Gasteiger partial charge on any atom is -0.394 e. The number of imidazole rings is 1. The fraction of sp³-hybridized carbons (Fsp3) is 0.444. The number of hydrogen-bond acceptors (Lipinski definition) is 7. The Morgan fingerprint density at radius 3 is 2.86 bits per heavy atom. The number of nitrogens with zero attached hydrogens (tertiary/aromatic N) is 3. The van der Waals surface area contributed by atoms with E-state index in [0.717, 1.165) is 4.57 Å². The molecule has 2 aromatic heterocycles. The van der Waals surface area contributed by atoms with Crippen LogP contribution in [0.25, 0.3) is 11.2 Å². The summed E-state index contributed by atoms with van der Waals surface area (Å²) in [6.07, 6.45) is -0.539. The number of aliphatic hydroxyl groups is 1. The van der Waals surface area contributed by atoms with Crippen LogP contribution in [0.3, 0.4) is 0 Å². The number of rotatable bonds is 6. The monoisotopic (exact) mass is 319 g/mol. The first-order valence-electron chi connectivity index (χ1n) is 5.78. The number of hydrogen-bond donors (Lipinski definition) is 5. The Morgan fingerprint density at radius 2 is 2.24 bits per heavy atom. The van der Waals surface area contributed by atoms with Crippen molar-refractivity contribution in [2.75, 3.05) is 18.7 Å². The van der Waals surface area contributed by atoms with Gasteiger partial charge < -0.3 is 30.3 Å². The summed E-state index contributed by atoms with van der Waals surface area (Å²) < 4.78 is 16.8. The number of aliphatic hydroxyl groups excluding tert-OH is 1. The third-order valence-corrected chi connectivity index (χ3v) is 3.13. The van der Waals surface area contributed by atoms with E-state index in [1.165, 1.54) is 6.33 Å². The third-order valence-electron chi connectivity index (χ3n) is 2.65. The highest BCUT2D eigenvalue weighted by atomic mass is 31.2. The zero-order valence-corrected chi connectivity index (χ0v) is 11.6. The smallest absolute Gasteiger partial charge is 0.351 e. The molecule has 0 aliphatic rings. The first-order chi connectivity index (χ1) is 9.81. The Hall–Kier alpha value is -1.78. The van der Waals surface area contributed by atoms with Crippen molar-refractivity contribution >= 4 is 24.6 Å². The van der Waals surface area contributed by atoms with Gasteiger partial charge in [-0.3, -0.25) is 9.13 Å². The molecule has 0 spiro atoms. The van der Waals surface area contributed by atoms with Crippen LogP contribution >= 0.6 is 7.60 Å². The largest absolute Gasteiger partial charge is 0.394 e. The lowest BCUT2D eigenvalue weighted by atomic mass is 10.3. The van der Waals surface area contributed by atoms with Gasteiger partial charge in [0.25, 0.3) is 0 Å². The SMILES string of the molecule is Nc1nc(=O)n(CC(CO)OCP(=O)(O)O)c2nc[nH]c12. The minimum atomic E-state index is -4.37. The van der Waals surface area contributed by atoms with Crippen LogP contribution in [0.1, 0.15) is 0 Å². The first kappa shape index (κ1) is 15.6. The van der Waals surface area contributed by atoms with E-state index in [1.54, 1.807) is 0 Å². The molecule has 0 bridgehead atoms. The number of nitrogen functional groups attached to an aromatic ring is 1. The summed E-state index contributed by atoms with van der Waals surface area (Å²) in [6.45, 7) is -0.716. The summed E-state index contributed by atoms with van der Waals surface area (Å²) in [4.78, 5) is 39.6. The van der Waals surface area contributed by atoms with Gasteiger partial charge in [-0.2, -0.15) is 4.98 Å². The summed E-state index contributed by atoms with van der Waals surface area (Å²) in [5.74, 6) is -0.0135. The molecule has 116 valence electrons. The molecule has 1 atom stereocenters. The van der Waals surface area contributed by atoms with Gasteiger partial charge in [0.1, 0.15) is 11.9 Å². The quantitative estimate of drug-likeness (QED) is 0.385. The molecule has 0 saturated carbocycles. The summed E-state index contributed by atoms with van der Waals surface area (Å²) in [7, 11) is -4.37. The number of aromatic amines is 1. The number of nitrogens with one attached hydrogen (secondary N) is 1. The average molecular weight is 319 g/mol. The number of nitrogens with two attached hydrogens (primary N) is 1. The number of ether oxygens (including phenoxy) is 1. The van der Waals surface area contributed by atoms with E-state index in [2.05, 4.69) is 15.0 Å². The average Bonchev–Trinajstić information content (AvgIpc) is 2.86. The Balaban J connectivity index is 2.27. The van der Waals surface area contributed by atoms with Crippen molar-refractivity contribution in [3.05, 3.63) is 16.8 Å². The van der Waals surface area contributed by atoms with Gasteiger partial charge in [-0.05, 0) is 0 Å². The lowest BCUT2D eigenvalue weighted by Gasteiger charge is -2.17. The first-order valence-corrected chi connectivity index (χ1v) is 7.58. The van der Waals surface area contributed by atoms with E-state index < -0.39 is 32.3 Å². The van der Waals surface area contributed by atoms with Crippen molar-refractivity contribution in [1.82, 2.24) is 19.5 Å². The van der Waals surface area contributed by atoms with E-state index in [1.807, 2.05) is 0 Å². The fourth-order valence-corrected chi connectivity index (χ4v) is 2.13. The molecule has 11 nitrogen and oxygen atoms in total. The molecular weight excluding hydrogens is 305 g/mol. The molecule has 2 heterocycles. The van der Waals surface area contributed by atoms with Crippen molar-refractivity contribution in [2.45, 2.75) is 12.6 Å². The van der Waals surface area contributed by atoms with Crippen LogP contribution in [0.5, 0.6) is 0 Å². The van der Waals surface area contributed by atoms with Crippen molar-refractivity contribution in [1.29, 1.82) is 0 Å². The Morgan fingerprint density at radius 1 is 1.52 bits per heavy atom. The van der Waals surface area contributed by atoms with Gasteiger partial charge >= 0.3 is 13.3 Å². The van der Waals surface area contributed by atoms with Gasteiger partial charge in [-0.25, -0.2) is 9.78 Å². The highest BCUT2D eigenvalue weighted by molar-refractivity contribution is 7.51. The number of anilines is 1. The summed E-state index contributed by atoms with van der Waals surface area (Å²) >= 11 is 0. The third kappa shape index (κ3) is 3.65. The van der Waals surface area contributed by atoms with Crippen LogP contribution in [0.4, 0.5) is 5.82 Å². The molecule has 21 heavy (non-hydrogen) atoms. The molecule has 0 saturated heterocycles. The second-order valence-corrected chi connectivity index (χ2v) is 5.84. The predicted molar refractivity (Wildman–Crippen MR) is 71.4 cm³/mol. The van der Waals surface area contributed by atoms with Gasteiger partial charge in [0.15, 0.2) is 11.5 Å². The van der Waals surface area contributed by atoms with Crippen LogP contribution in [0.15, 0.2) is 11.1 Å². The van der Waals surface area contributed by atoms with Crippen LogP contribution in [-0.2, 0) is 15.8 Å². The van der Waals surface area contributed by atoms with Gasteiger partial charge in [0, 0.05) is 0 Å². The minimum absolute atomic E-state index is 0.0135. The second kappa shape index (κ2) is 5.92. The van der Waals surface area contributed by atoms with Crippen molar-refractivity contribution < 1.29 is 24.2 Å². The molecule has 0 aliphatic carbocycles. The van der Waals surface area contributed by atoms with Gasteiger partial charge in [-0.1, -0.05) is 0 Å². The Bertz CT molecular complexity index is 736. The predicted octanol–water partition coefficient (Wildman–Crippen LogP) is -1.79. The maximum Gasteiger partial charge on any atom is 0.351 e. The van der Waals surface area contributed by atoms with Crippen molar-refractivity contribution in [3.8, 4) is 0 Å². The van der Waals surface area contributed by atoms with Crippen LogP contribution in [-0.4, -0.2) is 53.5 Å². The number of fused-ring (bicyclic) bond motifs is 1. The van der Waals surface area contributed by atoms with E-state index in [-0.39, 0.29) is 18.0 Å². The maximum absolute atomic E-state index is 11.8. The van der Waals surface area contributed by atoms with Crippen LogP contribution < -0.4 is 11.4 Å². The van der Waals surface area contributed by atoms with E-state index in [0.29, 0.717) is 5.52 Å². The molecule has 0 aromatic carbocycles. The zero-order chi connectivity index (χ0) is 15.6.